The van der Waals surface area contributed by atoms with Crippen LogP contribution in [0, 0.1) is 0 Å². The number of phosphoric acid groups is 1. The highest BCUT2D eigenvalue weighted by molar-refractivity contribution is 7.47. The fourth-order valence-corrected chi connectivity index (χ4v) is 5.61. The lowest BCUT2D eigenvalue weighted by Crippen LogP contribution is -2.64. The Labute approximate surface area is 290 Å². The molecule has 0 amide bonds. The maximum absolute atomic E-state index is 12.7. The Bertz CT molecular complexity index is 1100. The number of ether oxygens (including phenoxy) is 2. The van der Waals surface area contributed by atoms with Crippen LogP contribution in [0.15, 0.2) is 60.8 Å². The summed E-state index contributed by atoms with van der Waals surface area (Å²) in [5.41, 5.74) is 0. The first-order valence-electron chi connectivity index (χ1n) is 17.1. The van der Waals surface area contributed by atoms with Crippen molar-refractivity contribution < 1.29 is 63.1 Å². The molecule has 49 heavy (non-hydrogen) atoms. The Morgan fingerprint density at radius 3 is 1.92 bits per heavy atom. The predicted octanol–water partition coefficient (Wildman–Crippen LogP) is 4.26. The zero-order valence-electron chi connectivity index (χ0n) is 28.7. The molecular formula is C35H57O13P. The van der Waals surface area contributed by atoms with Crippen LogP contribution in [0.5, 0.6) is 0 Å². The van der Waals surface area contributed by atoms with Crippen LogP contribution < -0.4 is 0 Å². The van der Waals surface area contributed by atoms with Crippen LogP contribution in [-0.4, -0.2) is 98.3 Å². The molecule has 1 aliphatic rings. The van der Waals surface area contributed by atoms with Gasteiger partial charge in [-0.25, -0.2) is 4.57 Å². The number of esters is 2. The van der Waals surface area contributed by atoms with E-state index in [2.05, 4.69) is 19.1 Å². The van der Waals surface area contributed by atoms with Gasteiger partial charge in [-0.05, 0) is 44.9 Å². The van der Waals surface area contributed by atoms with E-state index in [0.717, 1.165) is 51.4 Å². The molecule has 0 aliphatic heterocycles. The molecule has 0 heterocycles. The van der Waals surface area contributed by atoms with Gasteiger partial charge in [-0.3, -0.25) is 18.6 Å². The fourth-order valence-electron chi connectivity index (χ4n) is 4.64. The summed E-state index contributed by atoms with van der Waals surface area (Å²) in [5.74, 6) is -1.22. The van der Waals surface area contributed by atoms with Gasteiger partial charge >= 0.3 is 19.8 Å². The quantitative estimate of drug-likeness (QED) is 0.0257. The summed E-state index contributed by atoms with van der Waals surface area (Å²) < 4.78 is 33.0. The molecular weight excluding hydrogens is 659 g/mol. The molecule has 7 unspecified atom stereocenters. The minimum Gasteiger partial charge on any atom is -0.462 e. The van der Waals surface area contributed by atoms with E-state index in [4.69, 9.17) is 18.5 Å². The number of unbranched alkanes of at least 4 members (excludes halogenated alkanes) is 5. The van der Waals surface area contributed by atoms with E-state index in [0.29, 0.717) is 12.8 Å². The van der Waals surface area contributed by atoms with E-state index in [1.807, 2.05) is 55.5 Å². The molecule has 1 rings (SSSR count). The normalized spacial score (nSPS) is 25.1. The van der Waals surface area contributed by atoms with Crippen LogP contribution in [-0.2, 0) is 32.7 Å². The highest BCUT2D eigenvalue weighted by Gasteiger charge is 2.51. The molecule has 0 aromatic rings. The molecule has 1 fully saturated rings. The van der Waals surface area contributed by atoms with Crippen LogP contribution in [0.1, 0.15) is 90.9 Å². The summed E-state index contributed by atoms with van der Waals surface area (Å²) in [7, 11) is -5.12. The first-order chi connectivity index (χ1) is 23.4. The second-order valence-corrected chi connectivity index (χ2v) is 13.1. The second kappa shape index (κ2) is 26.4. The van der Waals surface area contributed by atoms with Crippen molar-refractivity contribution in [1.29, 1.82) is 0 Å². The van der Waals surface area contributed by atoms with Gasteiger partial charge in [0, 0.05) is 12.8 Å². The van der Waals surface area contributed by atoms with E-state index >= 15 is 0 Å². The van der Waals surface area contributed by atoms with Crippen molar-refractivity contribution in [3.05, 3.63) is 60.8 Å². The molecule has 1 aliphatic carbocycles. The Hall–Kier alpha value is -2.45. The van der Waals surface area contributed by atoms with Crippen molar-refractivity contribution >= 4 is 19.8 Å². The zero-order valence-corrected chi connectivity index (χ0v) is 29.6. The van der Waals surface area contributed by atoms with E-state index in [-0.39, 0.29) is 12.8 Å². The van der Waals surface area contributed by atoms with E-state index in [1.165, 1.54) is 0 Å². The SMILES string of the molecule is CC/C=C/C=C/C=C/CCCCCCCC(=O)OC(COC(=O)CC/C=C/C/C=C/CC)COP(=O)(O)OC1C(O)C(O)C(O)[C@@H](O)C1O. The predicted molar refractivity (Wildman–Crippen MR) is 184 cm³/mol. The molecule has 0 bridgehead atoms. The van der Waals surface area contributed by atoms with Gasteiger partial charge in [0.15, 0.2) is 6.10 Å². The summed E-state index contributed by atoms with van der Waals surface area (Å²) in [4.78, 5) is 35.1. The monoisotopic (exact) mass is 716 g/mol. The maximum atomic E-state index is 12.7. The molecule has 0 aromatic carbocycles. The van der Waals surface area contributed by atoms with Crippen molar-refractivity contribution in [2.24, 2.45) is 0 Å². The van der Waals surface area contributed by atoms with Gasteiger partial charge in [-0.2, -0.15) is 0 Å². The molecule has 0 radical (unpaired) electrons. The third-order valence-electron chi connectivity index (χ3n) is 7.43. The average Bonchev–Trinajstić information content (AvgIpc) is 3.07. The lowest BCUT2D eigenvalue weighted by atomic mass is 9.85. The molecule has 6 N–H and O–H groups in total. The molecule has 0 aromatic heterocycles. The number of aliphatic hydroxyl groups excluding tert-OH is 5. The molecule has 14 heteroatoms. The van der Waals surface area contributed by atoms with Crippen molar-refractivity contribution in [3.8, 4) is 0 Å². The summed E-state index contributed by atoms with van der Waals surface area (Å²) in [6.45, 7) is 2.86. The Morgan fingerprint density at radius 1 is 0.653 bits per heavy atom. The number of allylic oxidation sites excluding steroid dienone is 10. The van der Waals surface area contributed by atoms with Crippen LogP contribution in [0.4, 0.5) is 0 Å². The van der Waals surface area contributed by atoms with Crippen LogP contribution in [0.2, 0.25) is 0 Å². The summed E-state index contributed by atoms with van der Waals surface area (Å²) in [6, 6.07) is 0. The molecule has 8 atom stereocenters. The highest BCUT2D eigenvalue weighted by Crippen LogP contribution is 2.47. The Kier molecular flexibility index (Phi) is 24.0. The third-order valence-corrected chi connectivity index (χ3v) is 8.41. The number of hydrogen-bond donors (Lipinski definition) is 6. The molecule has 280 valence electrons. The van der Waals surface area contributed by atoms with Crippen molar-refractivity contribution in [3.63, 3.8) is 0 Å². The summed E-state index contributed by atoms with van der Waals surface area (Å²) in [6.07, 6.45) is 15.1. The van der Waals surface area contributed by atoms with Gasteiger partial charge in [0.1, 0.15) is 43.2 Å². The number of aliphatic hydroxyl groups is 5. The van der Waals surface area contributed by atoms with Gasteiger partial charge in [0.25, 0.3) is 0 Å². The smallest absolute Gasteiger partial charge is 0.462 e. The van der Waals surface area contributed by atoms with Gasteiger partial charge < -0.3 is 39.9 Å². The highest BCUT2D eigenvalue weighted by atomic mass is 31.2. The Balaban J connectivity index is 2.63. The van der Waals surface area contributed by atoms with Crippen molar-refractivity contribution in [2.45, 2.75) is 134 Å². The topological polar surface area (TPSA) is 210 Å². The largest absolute Gasteiger partial charge is 0.472 e. The minimum atomic E-state index is -5.12. The molecule has 1 saturated carbocycles. The lowest BCUT2D eigenvalue weighted by molar-refractivity contribution is -0.220. The van der Waals surface area contributed by atoms with Gasteiger partial charge in [-0.1, -0.05) is 93.9 Å². The molecule has 13 nitrogen and oxygen atoms in total. The maximum Gasteiger partial charge on any atom is 0.472 e. The molecule has 0 saturated heterocycles. The van der Waals surface area contributed by atoms with E-state index < -0.39 is 75.7 Å². The average molecular weight is 717 g/mol. The third kappa shape index (κ3) is 20.1. The zero-order chi connectivity index (χ0) is 36.5. The van der Waals surface area contributed by atoms with Crippen LogP contribution in [0.3, 0.4) is 0 Å². The minimum absolute atomic E-state index is 0.0495. The summed E-state index contributed by atoms with van der Waals surface area (Å²) >= 11 is 0. The van der Waals surface area contributed by atoms with Crippen LogP contribution in [0.25, 0.3) is 0 Å². The van der Waals surface area contributed by atoms with Gasteiger partial charge in [-0.15, -0.1) is 0 Å². The molecule has 0 spiro atoms. The fraction of sp³-hybridized carbons (Fsp3) is 0.657. The number of phosphoric ester groups is 1. The van der Waals surface area contributed by atoms with Crippen LogP contribution >= 0.6 is 7.82 Å². The first-order valence-corrected chi connectivity index (χ1v) is 18.6. The van der Waals surface area contributed by atoms with E-state index in [1.54, 1.807) is 0 Å². The first kappa shape index (κ1) is 44.6. The van der Waals surface area contributed by atoms with Crippen molar-refractivity contribution in [1.82, 2.24) is 0 Å². The van der Waals surface area contributed by atoms with Gasteiger partial charge in [0.05, 0.1) is 6.61 Å². The van der Waals surface area contributed by atoms with E-state index in [9.17, 15) is 44.6 Å². The second-order valence-electron chi connectivity index (χ2n) is 11.7. The van der Waals surface area contributed by atoms with Crippen molar-refractivity contribution in [2.75, 3.05) is 13.2 Å². The lowest BCUT2D eigenvalue weighted by Gasteiger charge is -2.41. The Morgan fingerprint density at radius 2 is 1.24 bits per heavy atom. The number of rotatable bonds is 25. The number of hydrogen-bond acceptors (Lipinski definition) is 12. The number of carbonyl (C=O) groups excluding carboxylic acids is 2. The summed E-state index contributed by atoms with van der Waals surface area (Å²) in [5, 5.41) is 49.7. The standard InChI is InChI=1S/C35H57O13P/c1-3-5-7-9-11-12-13-14-15-16-18-20-22-24-29(37)47-27(25-45-28(36)23-21-19-17-10-8-6-4-2)26-46-49(43,44)48-35-33(41)31(39)30(38)32(40)34(35)42/h5-9,11-13,17,19,27,30-35,38-42H,3-4,10,14-16,18,20-26H2,1-2H3,(H,43,44)/b7-5+,8-6+,11-9+,13-12+,19-17+/t27?,30?,31-,32?,33?,34?,35?/m1/s1. The van der Waals surface area contributed by atoms with Gasteiger partial charge in [0.2, 0.25) is 0 Å². The number of carbonyl (C=O) groups is 2.